The average molecular weight is 226 g/mol. The number of nitrogens with zero attached hydrogens (tertiary/aromatic N) is 1. The summed E-state index contributed by atoms with van der Waals surface area (Å²) in [5.74, 6) is 0.512. The molecule has 0 aromatic heterocycles. The summed E-state index contributed by atoms with van der Waals surface area (Å²) in [5, 5.41) is 9.16. The molecular weight excluding hydrogens is 200 g/mol. The summed E-state index contributed by atoms with van der Waals surface area (Å²) in [6.07, 6.45) is 7.88. The molecule has 1 unspecified atom stereocenters. The van der Waals surface area contributed by atoms with Gasteiger partial charge in [-0.25, -0.2) is 0 Å². The van der Waals surface area contributed by atoms with Gasteiger partial charge in [0.1, 0.15) is 0 Å². The van der Waals surface area contributed by atoms with Crippen molar-refractivity contribution < 1.29 is 5.11 Å². The van der Waals surface area contributed by atoms with Gasteiger partial charge in [-0.15, -0.1) is 0 Å². The van der Waals surface area contributed by atoms with Crippen LogP contribution >= 0.6 is 0 Å². The zero-order chi connectivity index (χ0) is 11.4. The van der Waals surface area contributed by atoms with Crippen LogP contribution in [-0.4, -0.2) is 42.8 Å². The number of hydrogen-bond acceptors (Lipinski definition) is 3. The summed E-state index contributed by atoms with van der Waals surface area (Å²) in [4.78, 5) is 2.53. The first-order valence-corrected chi connectivity index (χ1v) is 6.81. The van der Waals surface area contributed by atoms with E-state index in [4.69, 9.17) is 10.8 Å². The lowest BCUT2D eigenvalue weighted by Crippen LogP contribution is -2.43. The van der Waals surface area contributed by atoms with E-state index in [1.54, 1.807) is 0 Å². The molecule has 2 aliphatic rings. The Labute approximate surface area is 99.0 Å². The van der Waals surface area contributed by atoms with Gasteiger partial charge in [-0.3, -0.25) is 0 Å². The van der Waals surface area contributed by atoms with Crippen LogP contribution in [-0.2, 0) is 0 Å². The van der Waals surface area contributed by atoms with Crippen molar-refractivity contribution in [2.45, 2.75) is 38.5 Å². The van der Waals surface area contributed by atoms with Gasteiger partial charge in [0.2, 0.25) is 0 Å². The van der Waals surface area contributed by atoms with Crippen LogP contribution in [0.4, 0.5) is 0 Å². The number of hydrogen-bond donors (Lipinski definition) is 2. The van der Waals surface area contributed by atoms with Crippen LogP contribution in [0.2, 0.25) is 0 Å². The molecule has 16 heavy (non-hydrogen) atoms. The van der Waals surface area contributed by atoms with Gasteiger partial charge in [0.05, 0.1) is 0 Å². The Hall–Kier alpha value is -0.120. The molecule has 1 aliphatic carbocycles. The number of nitrogens with two attached hydrogens (primary N) is 1. The van der Waals surface area contributed by atoms with E-state index in [1.165, 1.54) is 38.6 Å². The predicted octanol–water partition coefficient (Wildman–Crippen LogP) is 1.21. The van der Waals surface area contributed by atoms with E-state index < -0.39 is 0 Å². The van der Waals surface area contributed by atoms with Crippen molar-refractivity contribution in [3.63, 3.8) is 0 Å². The molecule has 1 saturated carbocycles. The average Bonchev–Trinajstić information content (AvgIpc) is 2.78. The number of aliphatic hydroxyl groups excluding tert-OH is 1. The quantitative estimate of drug-likeness (QED) is 0.757. The lowest BCUT2D eigenvalue weighted by Gasteiger charge is -2.39. The molecule has 94 valence electrons. The van der Waals surface area contributed by atoms with Crippen molar-refractivity contribution in [2.24, 2.45) is 17.1 Å². The second-order valence-electron chi connectivity index (χ2n) is 5.84. The highest BCUT2D eigenvalue weighted by Gasteiger charge is 2.34. The van der Waals surface area contributed by atoms with E-state index in [1.807, 2.05) is 0 Å². The molecule has 1 saturated heterocycles. The second-order valence-corrected chi connectivity index (χ2v) is 5.84. The standard InChI is InChI=1S/C13H26N2O/c14-10-13(5-2-1-3-6-13)11-15-7-4-12(8-15)9-16/h12,16H,1-11,14H2. The van der Waals surface area contributed by atoms with Crippen molar-refractivity contribution in [2.75, 3.05) is 32.8 Å². The highest BCUT2D eigenvalue weighted by atomic mass is 16.3. The van der Waals surface area contributed by atoms with Gasteiger partial charge in [0, 0.05) is 19.7 Å². The van der Waals surface area contributed by atoms with Crippen LogP contribution in [0.15, 0.2) is 0 Å². The van der Waals surface area contributed by atoms with Gasteiger partial charge in [-0.1, -0.05) is 19.3 Å². The smallest absolute Gasteiger partial charge is 0.0471 e. The molecule has 1 atom stereocenters. The number of rotatable bonds is 4. The predicted molar refractivity (Wildman–Crippen MR) is 66.2 cm³/mol. The number of aliphatic hydroxyl groups is 1. The highest BCUT2D eigenvalue weighted by molar-refractivity contribution is 4.89. The Morgan fingerprint density at radius 2 is 2.00 bits per heavy atom. The summed E-state index contributed by atoms with van der Waals surface area (Å²) in [7, 11) is 0. The first-order valence-electron chi connectivity index (χ1n) is 6.81. The first kappa shape index (κ1) is 12.3. The molecular formula is C13H26N2O. The lowest BCUT2D eigenvalue weighted by molar-refractivity contribution is 0.121. The fourth-order valence-corrected chi connectivity index (χ4v) is 3.41. The minimum Gasteiger partial charge on any atom is -0.396 e. The third kappa shape index (κ3) is 2.76. The molecule has 3 nitrogen and oxygen atoms in total. The Bertz CT molecular complexity index is 214. The van der Waals surface area contributed by atoms with Crippen LogP contribution in [0.3, 0.4) is 0 Å². The monoisotopic (exact) mass is 226 g/mol. The van der Waals surface area contributed by atoms with Gasteiger partial charge in [0.15, 0.2) is 0 Å². The molecule has 0 radical (unpaired) electrons. The van der Waals surface area contributed by atoms with E-state index in [2.05, 4.69) is 4.90 Å². The first-order chi connectivity index (χ1) is 7.78. The van der Waals surface area contributed by atoms with Gasteiger partial charge < -0.3 is 15.7 Å². The molecule has 1 heterocycles. The van der Waals surface area contributed by atoms with Crippen molar-refractivity contribution in [1.82, 2.24) is 4.90 Å². The van der Waals surface area contributed by atoms with Crippen molar-refractivity contribution in [1.29, 1.82) is 0 Å². The van der Waals surface area contributed by atoms with Gasteiger partial charge >= 0.3 is 0 Å². The topological polar surface area (TPSA) is 49.5 Å². The van der Waals surface area contributed by atoms with Crippen molar-refractivity contribution in [3.8, 4) is 0 Å². The molecule has 0 bridgehead atoms. The Morgan fingerprint density at radius 1 is 1.25 bits per heavy atom. The summed E-state index contributed by atoms with van der Waals surface area (Å²) in [6.45, 7) is 4.60. The van der Waals surface area contributed by atoms with Crippen LogP contribution < -0.4 is 5.73 Å². The van der Waals surface area contributed by atoms with E-state index in [0.29, 0.717) is 17.9 Å². The third-order valence-corrected chi connectivity index (χ3v) is 4.53. The highest BCUT2D eigenvalue weighted by Crippen LogP contribution is 2.37. The fraction of sp³-hybridized carbons (Fsp3) is 1.00. The maximum absolute atomic E-state index is 9.16. The maximum Gasteiger partial charge on any atom is 0.0471 e. The third-order valence-electron chi connectivity index (χ3n) is 4.53. The summed E-state index contributed by atoms with van der Waals surface area (Å²) in [5.41, 5.74) is 6.40. The van der Waals surface area contributed by atoms with Crippen LogP contribution in [0.1, 0.15) is 38.5 Å². The van der Waals surface area contributed by atoms with Crippen LogP contribution in [0, 0.1) is 11.3 Å². The van der Waals surface area contributed by atoms with Gasteiger partial charge in [-0.2, -0.15) is 0 Å². The van der Waals surface area contributed by atoms with Gasteiger partial charge in [-0.05, 0) is 43.7 Å². The molecule has 0 aromatic rings. The summed E-state index contributed by atoms with van der Waals surface area (Å²) >= 11 is 0. The minimum atomic E-state index is 0.353. The van der Waals surface area contributed by atoms with Crippen molar-refractivity contribution >= 4 is 0 Å². The van der Waals surface area contributed by atoms with E-state index in [9.17, 15) is 0 Å². The zero-order valence-electron chi connectivity index (χ0n) is 10.3. The Balaban J connectivity index is 1.86. The molecule has 3 N–H and O–H groups in total. The molecule has 2 rings (SSSR count). The fourth-order valence-electron chi connectivity index (χ4n) is 3.41. The molecule has 1 aliphatic heterocycles. The maximum atomic E-state index is 9.16. The summed E-state index contributed by atoms with van der Waals surface area (Å²) < 4.78 is 0. The molecule has 3 heteroatoms. The largest absolute Gasteiger partial charge is 0.396 e. The normalized spacial score (nSPS) is 30.8. The molecule has 2 fully saturated rings. The Morgan fingerprint density at radius 3 is 2.56 bits per heavy atom. The van der Waals surface area contributed by atoms with Crippen molar-refractivity contribution in [3.05, 3.63) is 0 Å². The van der Waals surface area contributed by atoms with Crippen LogP contribution in [0.5, 0.6) is 0 Å². The molecule has 0 amide bonds. The molecule has 0 aromatic carbocycles. The SMILES string of the molecule is NCC1(CN2CCC(CO)C2)CCCCC1. The van der Waals surface area contributed by atoms with E-state index in [-0.39, 0.29) is 0 Å². The minimum absolute atomic E-state index is 0.353. The summed E-state index contributed by atoms with van der Waals surface area (Å²) in [6, 6.07) is 0. The molecule has 0 spiro atoms. The van der Waals surface area contributed by atoms with Gasteiger partial charge in [0.25, 0.3) is 0 Å². The second kappa shape index (κ2) is 5.48. The Kier molecular flexibility index (Phi) is 4.22. The van der Waals surface area contributed by atoms with E-state index in [0.717, 1.165) is 26.1 Å². The number of likely N-dealkylation sites (tertiary alicyclic amines) is 1. The lowest BCUT2D eigenvalue weighted by atomic mass is 9.74. The van der Waals surface area contributed by atoms with E-state index >= 15 is 0 Å². The van der Waals surface area contributed by atoms with Crippen LogP contribution in [0.25, 0.3) is 0 Å². The zero-order valence-corrected chi connectivity index (χ0v) is 10.3.